The summed E-state index contributed by atoms with van der Waals surface area (Å²) in [5.74, 6) is 0.236. The van der Waals surface area contributed by atoms with Crippen LogP contribution in [-0.4, -0.2) is 55.0 Å². The average molecular weight is 389 g/mol. The van der Waals surface area contributed by atoms with Gasteiger partial charge in [-0.2, -0.15) is 5.26 Å². The van der Waals surface area contributed by atoms with E-state index < -0.39 is 0 Å². The van der Waals surface area contributed by atoms with E-state index in [1.807, 2.05) is 42.5 Å². The van der Waals surface area contributed by atoms with Gasteiger partial charge >= 0.3 is 0 Å². The third-order valence-electron chi connectivity index (χ3n) is 6.02. The van der Waals surface area contributed by atoms with Gasteiger partial charge in [0, 0.05) is 31.9 Å². The molecule has 5 nitrogen and oxygen atoms in total. The molecular formula is C24H28N4O. The largest absolute Gasteiger partial charge is 0.370 e. The number of benzene rings is 2. The summed E-state index contributed by atoms with van der Waals surface area (Å²) in [4.78, 5) is 20.3. The number of nitriles is 1. The summed E-state index contributed by atoms with van der Waals surface area (Å²) in [7, 11) is 0. The van der Waals surface area contributed by atoms with Gasteiger partial charge in [0.15, 0.2) is 0 Å². The predicted octanol–water partition coefficient (Wildman–Crippen LogP) is 3.43. The van der Waals surface area contributed by atoms with Gasteiger partial charge in [0.05, 0.1) is 11.6 Å². The van der Waals surface area contributed by atoms with E-state index in [4.69, 9.17) is 5.26 Å². The summed E-state index contributed by atoms with van der Waals surface area (Å²) in [6.45, 7) is 5.26. The number of hydrogen-bond acceptors (Lipinski definition) is 4. The second-order valence-electron chi connectivity index (χ2n) is 7.88. The van der Waals surface area contributed by atoms with Gasteiger partial charge in [-0.3, -0.25) is 9.69 Å². The highest BCUT2D eigenvalue weighted by molar-refractivity contribution is 5.83. The molecule has 0 N–H and O–H groups in total. The summed E-state index contributed by atoms with van der Waals surface area (Å²) in [6, 6.07) is 20.0. The zero-order chi connectivity index (χ0) is 20.1. The van der Waals surface area contributed by atoms with Crippen molar-refractivity contribution < 1.29 is 4.79 Å². The highest BCUT2D eigenvalue weighted by Crippen LogP contribution is 2.28. The summed E-state index contributed by atoms with van der Waals surface area (Å²) < 4.78 is 0. The molecule has 4 rings (SSSR count). The molecule has 2 aromatic carbocycles. The lowest BCUT2D eigenvalue weighted by Gasteiger charge is -2.32. The molecule has 1 amide bonds. The molecule has 2 aromatic rings. The maximum Gasteiger partial charge on any atom is 0.244 e. The van der Waals surface area contributed by atoms with Crippen LogP contribution in [0.4, 0.5) is 5.69 Å². The minimum absolute atomic E-state index is 0.167. The fourth-order valence-corrected chi connectivity index (χ4v) is 4.46. The van der Waals surface area contributed by atoms with Crippen LogP contribution in [0, 0.1) is 11.3 Å². The van der Waals surface area contributed by atoms with Crippen LogP contribution in [0.2, 0.25) is 0 Å². The van der Waals surface area contributed by atoms with Gasteiger partial charge in [-0.1, -0.05) is 30.3 Å². The predicted molar refractivity (Wildman–Crippen MR) is 115 cm³/mol. The lowest BCUT2D eigenvalue weighted by atomic mass is 10.0. The maximum absolute atomic E-state index is 13.6. The first-order chi connectivity index (χ1) is 14.3. The monoisotopic (exact) mass is 388 g/mol. The first kappa shape index (κ1) is 19.5. The van der Waals surface area contributed by atoms with Crippen LogP contribution in [0.3, 0.4) is 0 Å². The molecule has 1 unspecified atom stereocenters. The molecule has 150 valence electrons. The standard InChI is InChI=1S/C24H28N4O/c25-19-20-9-11-22(12-10-20)26-15-6-16-28(18-17-26)24(29)23(27-13-4-5-14-27)21-7-2-1-3-8-21/h1-3,7-12,23H,4-6,13-18H2. The normalized spacial score (nSPS) is 18.9. The molecule has 0 aliphatic carbocycles. The molecule has 5 heteroatoms. The minimum Gasteiger partial charge on any atom is -0.370 e. The van der Waals surface area contributed by atoms with Crippen molar-refractivity contribution in [2.45, 2.75) is 25.3 Å². The molecule has 0 bridgehead atoms. The SMILES string of the molecule is N#Cc1ccc(N2CCCN(C(=O)C(c3ccccc3)N3CCCC3)CC2)cc1. The molecule has 2 aliphatic heterocycles. The van der Waals surface area contributed by atoms with Crippen LogP contribution in [0.25, 0.3) is 0 Å². The quantitative estimate of drug-likeness (QED) is 0.805. The highest BCUT2D eigenvalue weighted by atomic mass is 16.2. The number of hydrogen-bond donors (Lipinski definition) is 0. The molecule has 2 fully saturated rings. The molecular weight excluding hydrogens is 360 g/mol. The third-order valence-corrected chi connectivity index (χ3v) is 6.02. The van der Waals surface area contributed by atoms with Gasteiger partial charge < -0.3 is 9.80 Å². The van der Waals surface area contributed by atoms with Crippen LogP contribution < -0.4 is 4.90 Å². The van der Waals surface area contributed by atoms with E-state index in [-0.39, 0.29) is 11.9 Å². The minimum atomic E-state index is -0.167. The molecule has 0 saturated carbocycles. The van der Waals surface area contributed by atoms with Gasteiger partial charge in [0.25, 0.3) is 0 Å². The number of carbonyl (C=O) groups excluding carboxylic acids is 1. The van der Waals surface area contributed by atoms with Crippen LogP contribution in [-0.2, 0) is 4.79 Å². The summed E-state index contributed by atoms with van der Waals surface area (Å²) >= 11 is 0. The third kappa shape index (κ3) is 4.44. The van der Waals surface area contributed by atoms with Crippen molar-refractivity contribution in [1.82, 2.24) is 9.80 Å². The Labute approximate surface area is 173 Å². The molecule has 2 aliphatic rings. The van der Waals surface area contributed by atoms with Crippen molar-refractivity contribution in [3.63, 3.8) is 0 Å². The number of rotatable bonds is 4. The van der Waals surface area contributed by atoms with Crippen molar-refractivity contribution in [3.05, 3.63) is 65.7 Å². The Morgan fingerprint density at radius 2 is 1.55 bits per heavy atom. The van der Waals surface area contributed by atoms with Crippen molar-refractivity contribution in [2.24, 2.45) is 0 Å². The number of likely N-dealkylation sites (tertiary alicyclic amines) is 1. The van der Waals surface area contributed by atoms with Gasteiger partial charge in [-0.15, -0.1) is 0 Å². The van der Waals surface area contributed by atoms with Crippen LogP contribution in [0.15, 0.2) is 54.6 Å². The first-order valence-corrected chi connectivity index (χ1v) is 10.6. The highest BCUT2D eigenvalue weighted by Gasteiger charge is 2.33. The lowest BCUT2D eigenvalue weighted by Crippen LogP contribution is -2.43. The maximum atomic E-state index is 13.6. The van der Waals surface area contributed by atoms with E-state index in [1.165, 1.54) is 12.8 Å². The fraction of sp³-hybridized carbons (Fsp3) is 0.417. The zero-order valence-corrected chi connectivity index (χ0v) is 16.8. The van der Waals surface area contributed by atoms with Crippen molar-refractivity contribution in [3.8, 4) is 6.07 Å². The molecule has 2 saturated heterocycles. The summed E-state index contributed by atoms with van der Waals surface area (Å²) in [6.07, 6.45) is 3.29. The number of amides is 1. The number of carbonyl (C=O) groups is 1. The van der Waals surface area contributed by atoms with Gasteiger partial charge in [-0.25, -0.2) is 0 Å². The smallest absolute Gasteiger partial charge is 0.244 e. The van der Waals surface area contributed by atoms with Crippen LogP contribution in [0.1, 0.15) is 36.4 Å². The molecule has 0 radical (unpaired) electrons. The Morgan fingerprint density at radius 3 is 2.24 bits per heavy atom. The Balaban J connectivity index is 1.48. The number of anilines is 1. The molecule has 0 aromatic heterocycles. The van der Waals surface area contributed by atoms with Gasteiger partial charge in [0.1, 0.15) is 6.04 Å². The van der Waals surface area contributed by atoms with Crippen molar-refractivity contribution in [1.29, 1.82) is 5.26 Å². The second kappa shape index (κ2) is 9.11. The summed E-state index contributed by atoms with van der Waals surface area (Å²) in [5, 5.41) is 9.00. The van der Waals surface area contributed by atoms with Gasteiger partial charge in [-0.05, 0) is 62.2 Å². The van der Waals surface area contributed by atoms with Crippen molar-refractivity contribution in [2.75, 3.05) is 44.2 Å². The fourth-order valence-electron chi connectivity index (χ4n) is 4.46. The number of nitrogens with zero attached hydrogens (tertiary/aromatic N) is 4. The van der Waals surface area contributed by atoms with E-state index in [0.717, 1.165) is 56.9 Å². The summed E-state index contributed by atoms with van der Waals surface area (Å²) in [5.41, 5.74) is 2.90. The van der Waals surface area contributed by atoms with Gasteiger partial charge in [0.2, 0.25) is 5.91 Å². The van der Waals surface area contributed by atoms with Crippen molar-refractivity contribution >= 4 is 11.6 Å². The van der Waals surface area contributed by atoms with E-state index in [2.05, 4.69) is 32.9 Å². The average Bonchev–Trinajstić information content (AvgIpc) is 3.18. The van der Waals surface area contributed by atoms with E-state index >= 15 is 0 Å². The zero-order valence-electron chi connectivity index (χ0n) is 16.8. The Morgan fingerprint density at radius 1 is 0.828 bits per heavy atom. The molecule has 2 heterocycles. The van der Waals surface area contributed by atoms with Crippen LogP contribution >= 0.6 is 0 Å². The van der Waals surface area contributed by atoms with Crippen LogP contribution in [0.5, 0.6) is 0 Å². The Hall–Kier alpha value is -2.84. The van der Waals surface area contributed by atoms with E-state index in [9.17, 15) is 4.79 Å². The topological polar surface area (TPSA) is 50.6 Å². The molecule has 29 heavy (non-hydrogen) atoms. The molecule has 1 atom stereocenters. The Bertz CT molecular complexity index is 853. The van der Waals surface area contributed by atoms with E-state index in [1.54, 1.807) is 0 Å². The molecule has 0 spiro atoms. The van der Waals surface area contributed by atoms with E-state index in [0.29, 0.717) is 5.56 Å². The second-order valence-corrected chi connectivity index (χ2v) is 7.88. The first-order valence-electron chi connectivity index (χ1n) is 10.6. The Kier molecular flexibility index (Phi) is 6.12. The lowest BCUT2D eigenvalue weighted by molar-refractivity contribution is -0.136.